The lowest BCUT2D eigenvalue weighted by Crippen LogP contribution is -2.26. The third-order valence-corrected chi connectivity index (χ3v) is 4.38. The molecule has 2 rings (SSSR count). The quantitative estimate of drug-likeness (QED) is 0.830. The van der Waals surface area contributed by atoms with E-state index < -0.39 is 0 Å². The predicted molar refractivity (Wildman–Crippen MR) is 69.2 cm³/mol. The summed E-state index contributed by atoms with van der Waals surface area (Å²) >= 11 is 6.67. The topological polar surface area (TPSA) is 59.2 Å². The summed E-state index contributed by atoms with van der Waals surface area (Å²) in [5.41, 5.74) is 5.57. The molecule has 2 N–H and O–H groups in total. The minimum atomic E-state index is 0.0946. The molecular formula is C10H11Br2N3O. The average molecular weight is 349 g/mol. The Bertz CT molecular complexity index is 425. The molecule has 1 saturated heterocycles. The van der Waals surface area contributed by atoms with Crippen molar-refractivity contribution in [2.24, 2.45) is 11.7 Å². The number of nitrogens with two attached hydrogens (primary N) is 1. The summed E-state index contributed by atoms with van der Waals surface area (Å²) in [6.07, 6.45) is 0.520. The van der Waals surface area contributed by atoms with E-state index >= 15 is 0 Å². The maximum absolute atomic E-state index is 11.7. The SMILES string of the molecule is NCC1CC(=O)N(c2ccc(Br)c(Br)n2)C1. The second kappa shape index (κ2) is 4.81. The van der Waals surface area contributed by atoms with Crippen molar-refractivity contribution >= 4 is 43.6 Å². The van der Waals surface area contributed by atoms with Crippen LogP contribution in [0.2, 0.25) is 0 Å². The zero-order valence-electron chi connectivity index (χ0n) is 8.49. The number of amides is 1. The summed E-state index contributed by atoms with van der Waals surface area (Å²) in [6, 6.07) is 3.70. The van der Waals surface area contributed by atoms with E-state index in [0.717, 1.165) is 4.47 Å². The molecular weight excluding hydrogens is 338 g/mol. The molecule has 0 aliphatic carbocycles. The number of hydrogen-bond acceptors (Lipinski definition) is 3. The minimum Gasteiger partial charge on any atom is -0.330 e. The number of hydrogen-bond donors (Lipinski definition) is 1. The van der Waals surface area contributed by atoms with Gasteiger partial charge in [-0.15, -0.1) is 0 Å². The Hall–Kier alpha value is -0.460. The zero-order valence-corrected chi connectivity index (χ0v) is 11.7. The second-order valence-electron chi connectivity index (χ2n) is 3.75. The summed E-state index contributed by atoms with van der Waals surface area (Å²) in [7, 11) is 0. The first kappa shape index (κ1) is 12.0. The molecule has 0 spiro atoms. The molecule has 86 valence electrons. The van der Waals surface area contributed by atoms with Crippen LogP contribution >= 0.6 is 31.9 Å². The highest BCUT2D eigenvalue weighted by Gasteiger charge is 2.30. The first-order valence-corrected chi connectivity index (χ1v) is 6.53. The molecule has 1 amide bonds. The first-order chi connectivity index (χ1) is 7.61. The van der Waals surface area contributed by atoms with Crippen LogP contribution < -0.4 is 10.6 Å². The van der Waals surface area contributed by atoms with Crippen molar-refractivity contribution in [1.82, 2.24) is 4.98 Å². The maximum atomic E-state index is 11.7. The molecule has 6 heteroatoms. The molecule has 1 unspecified atom stereocenters. The normalized spacial score (nSPS) is 20.6. The van der Waals surface area contributed by atoms with E-state index in [1.165, 1.54) is 0 Å². The van der Waals surface area contributed by atoms with E-state index in [2.05, 4.69) is 36.8 Å². The summed E-state index contributed by atoms with van der Waals surface area (Å²) in [4.78, 5) is 17.7. The molecule has 16 heavy (non-hydrogen) atoms. The Balaban J connectivity index is 2.24. The highest BCUT2D eigenvalue weighted by molar-refractivity contribution is 9.13. The van der Waals surface area contributed by atoms with E-state index in [4.69, 9.17) is 5.73 Å². The smallest absolute Gasteiger partial charge is 0.228 e. The summed E-state index contributed by atoms with van der Waals surface area (Å²) in [5, 5.41) is 0. The van der Waals surface area contributed by atoms with Gasteiger partial charge in [-0.05, 0) is 56.5 Å². The molecule has 0 aromatic carbocycles. The minimum absolute atomic E-state index is 0.0946. The molecule has 4 nitrogen and oxygen atoms in total. The van der Waals surface area contributed by atoms with Crippen LogP contribution in [0.25, 0.3) is 0 Å². The van der Waals surface area contributed by atoms with Gasteiger partial charge in [-0.2, -0.15) is 0 Å². The van der Waals surface area contributed by atoms with Gasteiger partial charge in [-0.3, -0.25) is 9.69 Å². The fourth-order valence-electron chi connectivity index (χ4n) is 1.72. The summed E-state index contributed by atoms with van der Waals surface area (Å²) in [5.74, 6) is 1.02. The summed E-state index contributed by atoms with van der Waals surface area (Å²) < 4.78 is 1.58. The number of rotatable bonds is 2. The molecule has 2 heterocycles. The van der Waals surface area contributed by atoms with Crippen molar-refractivity contribution in [3.63, 3.8) is 0 Å². The molecule has 0 bridgehead atoms. The van der Waals surface area contributed by atoms with Crippen LogP contribution in [0, 0.1) is 5.92 Å². The van der Waals surface area contributed by atoms with Gasteiger partial charge in [0.2, 0.25) is 5.91 Å². The van der Waals surface area contributed by atoms with Crippen LogP contribution in [0.1, 0.15) is 6.42 Å². The van der Waals surface area contributed by atoms with Gasteiger partial charge in [0.05, 0.1) is 4.47 Å². The van der Waals surface area contributed by atoms with E-state index in [0.29, 0.717) is 29.9 Å². The van der Waals surface area contributed by atoms with Crippen molar-refractivity contribution in [2.45, 2.75) is 6.42 Å². The Kier molecular flexibility index (Phi) is 3.61. The van der Waals surface area contributed by atoms with Crippen molar-refractivity contribution in [2.75, 3.05) is 18.0 Å². The molecule has 0 saturated carbocycles. The van der Waals surface area contributed by atoms with Crippen LogP contribution in [0.4, 0.5) is 5.82 Å². The number of carbonyl (C=O) groups excluding carboxylic acids is 1. The highest BCUT2D eigenvalue weighted by Crippen LogP contribution is 2.27. The van der Waals surface area contributed by atoms with Gasteiger partial charge in [0, 0.05) is 13.0 Å². The number of halogens is 2. The van der Waals surface area contributed by atoms with Gasteiger partial charge in [-0.25, -0.2) is 4.98 Å². The Morgan fingerprint density at radius 2 is 2.25 bits per heavy atom. The standard InChI is InChI=1S/C10H11Br2N3O/c11-7-1-2-8(14-10(7)12)15-5-6(4-13)3-9(15)16/h1-2,6H,3-5,13H2. The lowest BCUT2D eigenvalue weighted by molar-refractivity contribution is -0.117. The van der Waals surface area contributed by atoms with Crippen molar-refractivity contribution < 1.29 is 4.79 Å². The third kappa shape index (κ3) is 2.28. The number of anilines is 1. The Labute approximate surface area is 110 Å². The molecule has 0 radical (unpaired) electrons. The van der Waals surface area contributed by atoms with Crippen LogP contribution in [-0.2, 0) is 4.79 Å². The maximum Gasteiger partial charge on any atom is 0.228 e. The zero-order chi connectivity index (χ0) is 11.7. The van der Waals surface area contributed by atoms with Crippen LogP contribution in [0.3, 0.4) is 0 Å². The highest BCUT2D eigenvalue weighted by atomic mass is 79.9. The fourth-order valence-corrected chi connectivity index (χ4v) is 2.25. The van der Waals surface area contributed by atoms with E-state index in [1.54, 1.807) is 4.90 Å². The van der Waals surface area contributed by atoms with Gasteiger partial charge < -0.3 is 5.73 Å². The fraction of sp³-hybridized carbons (Fsp3) is 0.400. The first-order valence-electron chi connectivity index (χ1n) is 4.94. The molecule has 1 fully saturated rings. The van der Waals surface area contributed by atoms with Crippen molar-refractivity contribution in [3.05, 3.63) is 21.2 Å². The number of nitrogens with zero attached hydrogens (tertiary/aromatic N) is 2. The Morgan fingerprint density at radius 3 is 2.81 bits per heavy atom. The monoisotopic (exact) mass is 347 g/mol. The van der Waals surface area contributed by atoms with Crippen molar-refractivity contribution in [3.8, 4) is 0 Å². The second-order valence-corrected chi connectivity index (χ2v) is 5.36. The number of aromatic nitrogens is 1. The van der Waals surface area contributed by atoms with Crippen LogP contribution in [0.15, 0.2) is 21.2 Å². The van der Waals surface area contributed by atoms with Gasteiger partial charge >= 0.3 is 0 Å². The van der Waals surface area contributed by atoms with Crippen molar-refractivity contribution in [1.29, 1.82) is 0 Å². The van der Waals surface area contributed by atoms with Gasteiger partial charge in [0.25, 0.3) is 0 Å². The predicted octanol–water partition coefficient (Wildman–Crippen LogP) is 1.92. The van der Waals surface area contributed by atoms with Gasteiger partial charge in [0.15, 0.2) is 0 Å². The molecule has 1 aromatic rings. The largest absolute Gasteiger partial charge is 0.330 e. The summed E-state index contributed by atoms with van der Waals surface area (Å²) in [6.45, 7) is 1.20. The van der Waals surface area contributed by atoms with E-state index in [-0.39, 0.29) is 11.8 Å². The molecule has 1 aliphatic heterocycles. The Morgan fingerprint density at radius 1 is 1.50 bits per heavy atom. The van der Waals surface area contributed by atoms with E-state index in [9.17, 15) is 4.79 Å². The molecule has 1 atom stereocenters. The molecule has 1 aromatic heterocycles. The van der Waals surface area contributed by atoms with Crippen LogP contribution in [-0.4, -0.2) is 24.0 Å². The molecule has 1 aliphatic rings. The number of carbonyl (C=O) groups is 1. The lowest BCUT2D eigenvalue weighted by Gasteiger charge is -2.15. The van der Waals surface area contributed by atoms with Gasteiger partial charge in [0.1, 0.15) is 10.4 Å². The average Bonchev–Trinajstić information content (AvgIpc) is 2.64. The third-order valence-electron chi connectivity index (χ3n) is 2.60. The number of pyridine rings is 1. The lowest BCUT2D eigenvalue weighted by atomic mass is 10.1. The van der Waals surface area contributed by atoms with E-state index in [1.807, 2.05) is 12.1 Å². The van der Waals surface area contributed by atoms with Crippen LogP contribution in [0.5, 0.6) is 0 Å². The van der Waals surface area contributed by atoms with Gasteiger partial charge in [-0.1, -0.05) is 0 Å².